The molecule has 7 heteroatoms. The molecule has 0 fully saturated rings. The van der Waals surface area contributed by atoms with Gasteiger partial charge in [-0.2, -0.15) is 4.98 Å². The van der Waals surface area contributed by atoms with Crippen molar-refractivity contribution in [2.24, 2.45) is 0 Å². The first-order chi connectivity index (χ1) is 14.2. The number of fused-ring (bicyclic) bond motifs is 1. The Morgan fingerprint density at radius 3 is 2.69 bits per heavy atom. The maximum Gasteiger partial charge on any atom is 0.250 e. The van der Waals surface area contributed by atoms with Crippen LogP contribution in [0.3, 0.4) is 0 Å². The Bertz CT molecular complexity index is 1090. The standard InChI is InChI=1S/C22H22N4O2S/c1-2-16-10-12-18(13-11-16)28-14-6-9-20(27)23-21-24-22-26(25-21)19(15-29-22)17-7-4-3-5-8-17/h3-5,7-8,10-13,15H,2,6,9,14H2,1H3,(H,23,25,27). The second kappa shape index (κ2) is 8.87. The molecule has 0 aliphatic rings. The van der Waals surface area contributed by atoms with Gasteiger partial charge in [0.1, 0.15) is 5.75 Å². The smallest absolute Gasteiger partial charge is 0.250 e. The Labute approximate surface area is 173 Å². The van der Waals surface area contributed by atoms with Gasteiger partial charge in [-0.25, -0.2) is 4.52 Å². The summed E-state index contributed by atoms with van der Waals surface area (Å²) in [5.74, 6) is 1.04. The van der Waals surface area contributed by atoms with Crippen LogP contribution in [0.15, 0.2) is 60.0 Å². The van der Waals surface area contributed by atoms with Crippen molar-refractivity contribution in [2.75, 3.05) is 11.9 Å². The molecule has 2 aromatic heterocycles. The van der Waals surface area contributed by atoms with Crippen LogP contribution in [0, 0.1) is 0 Å². The fraction of sp³-hybridized carbons (Fsp3) is 0.227. The molecule has 0 aliphatic heterocycles. The molecule has 0 unspecified atom stereocenters. The number of nitrogens with zero attached hydrogens (tertiary/aromatic N) is 3. The van der Waals surface area contributed by atoms with Crippen LogP contribution in [0.1, 0.15) is 25.3 Å². The zero-order chi connectivity index (χ0) is 20.1. The first kappa shape index (κ1) is 19.1. The van der Waals surface area contributed by atoms with E-state index in [0.29, 0.717) is 25.4 Å². The van der Waals surface area contributed by atoms with Crippen molar-refractivity contribution in [3.05, 3.63) is 65.5 Å². The lowest BCUT2D eigenvalue weighted by Gasteiger charge is -2.06. The Hall–Kier alpha value is -3.19. The molecule has 148 valence electrons. The summed E-state index contributed by atoms with van der Waals surface area (Å²) in [6, 6.07) is 18.0. The predicted octanol–water partition coefficient (Wildman–Crippen LogP) is 4.82. The average molecular weight is 407 g/mol. The molecule has 1 amide bonds. The lowest BCUT2D eigenvalue weighted by atomic mass is 10.2. The van der Waals surface area contributed by atoms with Crippen LogP contribution in [-0.2, 0) is 11.2 Å². The summed E-state index contributed by atoms with van der Waals surface area (Å²) >= 11 is 1.50. The number of carbonyl (C=O) groups is 1. The van der Waals surface area contributed by atoms with Gasteiger partial charge in [0.25, 0.3) is 0 Å². The molecule has 4 aromatic rings. The van der Waals surface area contributed by atoms with Crippen molar-refractivity contribution in [3.63, 3.8) is 0 Å². The highest BCUT2D eigenvalue weighted by Crippen LogP contribution is 2.25. The monoisotopic (exact) mass is 406 g/mol. The minimum atomic E-state index is -0.116. The first-order valence-corrected chi connectivity index (χ1v) is 10.5. The summed E-state index contributed by atoms with van der Waals surface area (Å²) in [7, 11) is 0. The topological polar surface area (TPSA) is 68.5 Å². The van der Waals surface area contributed by atoms with Crippen LogP contribution in [-0.4, -0.2) is 27.1 Å². The molecule has 2 aromatic carbocycles. The van der Waals surface area contributed by atoms with Crippen LogP contribution in [0.2, 0.25) is 0 Å². The molecule has 0 aliphatic carbocycles. The highest BCUT2D eigenvalue weighted by molar-refractivity contribution is 7.15. The molecule has 6 nitrogen and oxygen atoms in total. The number of thiazole rings is 1. The zero-order valence-corrected chi connectivity index (χ0v) is 17.0. The third kappa shape index (κ3) is 4.63. The lowest BCUT2D eigenvalue weighted by Crippen LogP contribution is -2.14. The average Bonchev–Trinajstić information content (AvgIpc) is 3.32. The van der Waals surface area contributed by atoms with E-state index in [4.69, 9.17) is 4.74 Å². The van der Waals surface area contributed by atoms with Crippen molar-refractivity contribution >= 4 is 28.2 Å². The number of ether oxygens (including phenoxy) is 1. The molecule has 0 atom stereocenters. The van der Waals surface area contributed by atoms with Gasteiger partial charge in [0.05, 0.1) is 12.3 Å². The molecule has 0 radical (unpaired) electrons. The summed E-state index contributed by atoms with van der Waals surface area (Å²) in [6.07, 6.45) is 1.98. The number of rotatable bonds is 8. The largest absolute Gasteiger partial charge is 0.494 e. The Balaban J connectivity index is 1.29. The minimum absolute atomic E-state index is 0.116. The van der Waals surface area contributed by atoms with Gasteiger partial charge in [0.15, 0.2) is 0 Å². The molecule has 0 saturated carbocycles. The van der Waals surface area contributed by atoms with Gasteiger partial charge in [-0.05, 0) is 30.5 Å². The van der Waals surface area contributed by atoms with Crippen LogP contribution in [0.5, 0.6) is 5.75 Å². The number of amides is 1. The summed E-state index contributed by atoms with van der Waals surface area (Å²) in [5, 5.41) is 9.23. The third-order valence-corrected chi connectivity index (χ3v) is 5.37. The quantitative estimate of drug-likeness (QED) is 0.426. The number of aryl methyl sites for hydroxylation is 1. The van der Waals surface area contributed by atoms with Gasteiger partial charge >= 0.3 is 0 Å². The Morgan fingerprint density at radius 2 is 1.93 bits per heavy atom. The highest BCUT2D eigenvalue weighted by atomic mass is 32.1. The number of hydrogen-bond acceptors (Lipinski definition) is 5. The fourth-order valence-corrected chi connectivity index (χ4v) is 3.80. The van der Waals surface area contributed by atoms with E-state index in [2.05, 4.69) is 34.5 Å². The van der Waals surface area contributed by atoms with E-state index in [0.717, 1.165) is 28.4 Å². The van der Waals surface area contributed by atoms with Gasteiger partial charge in [-0.3, -0.25) is 10.1 Å². The minimum Gasteiger partial charge on any atom is -0.494 e. The van der Waals surface area contributed by atoms with Crippen molar-refractivity contribution in [3.8, 4) is 17.0 Å². The maximum atomic E-state index is 12.2. The van der Waals surface area contributed by atoms with Crippen molar-refractivity contribution in [1.82, 2.24) is 14.6 Å². The molecule has 0 spiro atoms. The van der Waals surface area contributed by atoms with Crippen LogP contribution in [0.4, 0.5) is 5.95 Å². The van der Waals surface area contributed by atoms with Crippen molar-refractivity contribution in [2.45, 2.75) is 26.2 Å². The van der Waals surface area contributed by atoms with Gasteiger partial charge in [0, 0.05) is 17.4 Å². The van der Waals surface area contributed by atoms with Crippen molar-refractivity contribution < 1.29 is 9.53 Å². The second-order valence-electron chi connectivity index (χ2n) is 6.61. The maximum absolute atomic E-state index is 12.2. The first-order valence-electron chi connectivity index (χ1n) is 9.64. The zero-order valence-electron chi connectivity index (χ0n) is 16.2. The van der Waals surface area contributed by atoms with Crippen LogP contribution < -0.4 is 10.1 Å². The molecule has 0 bridgehead atoms. The Kier molecular flexibility index (Phi) is 5.86. The number of hydrogen-bond donors (Lipinski definition) is 1. The summed E-state index contributed by atoms with van der Waals surface area (Å²) in [4.78, 5) is 17.4. The predicted molar refractivity (Wildman–Crippen MR) is 115 cm³/mol. The van der Waals surface area contributed by atoms with Crippen molar-refractivity contribution in [1.29, 1.82) is 0 Å². The molecule has 2 heterocycles. The highest BCUT2D eigenvalue weighted by Gasteiger charge is 2.13. The fourth-order valence-electron chi connectivity index (χ4n) is 2.97. The number of carbonyl (C=O) groups excluding carboxylic acids is 1. The number of nitrogens with one attached hydrogen (secondary N) is 1. The van der Waals surface area contributed by atoms with E-state index in [9.17, 15) is 4.79 Å². The Morgan fingerprint density at radius 1 is 1.14 bits per heavy atom. The van der Waals surface area contributed by atoms with Crippen LogP contribution >= 0.6 is 11.3 Å². The van der Waals surface area contributed by atoms with Crippen LogP contribution in [0.25, 0.3) is 16.2 Å². The molecule has 4 rings (SSSR count). The summed E-state index contributed by atoms with van der Waals surface area (Å²) in [5.41, 5.74) is 3.30. The third-order valence-electron chi connectivity index (χ3n) is 4.55. The van der Waals surface area contributed by atoms with E-state index in [-0.39, 0.29) is 5.91 Å². The van der Waals surface area contributed by atoms with Gasteiger partial charge in [0.2, 0.25) is 16.8 Å². The van der Waals surface area contributed by atoms with Gasteiger partial charge < -0.3 is 4.74 Å². The summed E-state index contributed by atoms with van der Waals surface area (Å²) in [6.45, 7) is 2.61. The molecule has 29 heavy (non-hydrogen) atoms. The molecular weight excluding hydrogens is 384 g/mol. The van der Waals surface area contributed by atoms with Gasteiger partial charge in [-0.15, -0.1) is 16.4 Å². The normalized spacial score (nSPS) is 10.9. The second-order valence-corrected chi connectivity index (χ2v) is 7.45. The van der Waals surface area contributed by atoms with E-state index < -0.39 is 0 Å². The molecule has 0 saturated heterocycles. The number of aromatic nitrogens is 3. The number of anilines is 1. The number of benzene rings is 2. The van der Waals surface area contributed by atoms with E-state index >= 15 is 0 Å². The van der Waals surface area contributed by atoms with Gasteiger partial charge in [-0.1, -0.05) is 49.4 Å². The summed E-state index contributed by atoms with van der Waals surface area (Å²) < 4.78 is 7.46. The van der Waals surface area contributed by atoms with E-state index in [1.165, 1.54) is 16.9 Å². The SMILES string of the molecule is CCc1ccc(OCCCC(=O)Nc2nc3scc(-c4ccccc4)n3n2)cc1. The lowest BCUT2D eigenvalue weighted by molar-refractivity contribution is -0.116. The van der Waals surface area contributed by atoms with E-state index in [1.807, 2.05) is 47.8 Å². The van der Waals surface area contributed by atoms with E-state index in [1.54, 1.807) is 4.52 Å². The molecular formula is C22H22N4O2S. The molecule has 1 N–H and O–H groups in total.